The minimum atomic E-state index is -4.13. The Labute approximate surface area is 705 Å². The van der Waals surface area contributed by atoms with Crippen LogP contribution in [0.5, 0.6) is 0 Å². The molecule has 4 unspecified atom stereocenters. The van der Waals surface area contributed by atoms with Gasteiger partial charge in [0.1, 0.15) is 0 Å². The second kappa shape index (κ2) is 50.0. The molecule has 0 N–H and O–H groups in total. The highest BCUT2D eigenvalue weighted by Crippen LogP contribution is 2.53. The van der Waals surface area contributed by atoms with E-state index in [9.17, 15) is 92.2 Å². The fraction of sp³-hybridized carbons (Fsp3) is 1.00. The first-order valence-corrected chi connectivity index (χ1v) is 42.5. The molecule has 0 saturated carbocycles. The molecule has 0 aromatic carbocycles. The van der Waals surface area contributed by atoms with Crippen molar-refractivity contribution in [1.29, 1.82) is 0 Å². The second-order valence-electron chi connectivity index (χ2n) is 47.0. The second-order valence-corrected chi connectivity index (χ2v) is 47.0. The van der Waals surface area contributed by atoms with Crippen molar-refractivity contribution in [2.75, 3.05) is 0 Å². The summed E-state index contributed by atoms with van der Waals surface area (Å²) in [5.74, 6) is -3.46. The van der Waals surface area contributed by atoms with E-state index in [4.69, 9.17) is 0 Å². The van der Waals surface area contributed by atoms with Gasteiger partial charge >= 0.3 is 43.2 Å². The molecular weight excluding hydrogens is 1540 g/mol. The highest BCUT2D eigenvalue weighted by molar-refractivity contribution is 4.93. The summed E-state index contributed by atoms with van der Waals surface area (Å²) in [6, 6.07) is 0. The summed E-state index contributed by atoms with van der Waals surface area (Å²) in [5, 5.41) is 0. The quantitative estimate of drug-likeness (QED) is 0.161. The molecule has 116 heavy (non-hydrogen) atoms. The van der Waals surface area contributed by atoms with Crippen LogP contribution >= 0.6 is 0 Å². The summed E-state index contributed by atoms with van der Waals surface area (Å²) in [7, 11) is 0. The molecule has 0 aromatic rings. The van der Waals surface area contributed by atoms with Crippen molar-refractivity contribution in [3.63, 3.8) is 0 Å². The first kappa shape index (κ1) is 138. The summed E-state index contributed by atoms with van der Waals surface area (Å²) in [5.41, 5.74) is -2.25. The van der Waals surface area contributed by atoms with E-state index in [1.165, 1.54) is 55.4 Å². The van der Waals surface area contributed by atoms with Crippen LogP contribution in [0.25, 0.3) is 0 Å². The Balaban J connectivity index is -0.000000116. The third-order valence-electron chi connectivity index (χ3n) is 28.9. The topological polar surface area (TPSA) is 0 Å². The minimum Gasteiger partial charge on any atom is -0.171 e. The van der Waals surface area contributed by atoms with E-state index in [0.717, 1.165) is 17.8 Å². The molecule has 21 heteroatoms. The van der Waals surface area contributed by atoms with Gasteiger partial charge in [-0.1, -0.05) is 407 Å². The Morgan fingerprint density at radius 1 is 0.233 bits per heavy atom. The van der Waals surface area contributed by atoms with Crippen LogP contribution in [0, 0.1) is 159 Å². The van der Waals surface area contributed by atoms with E-state index < -0.39 is 106 Å². The Bertz CT molecular complexity index is 2330. The third-order valence-corrected chi connectivity index (χ3v) is 28.9. The first-order chi connectivity index (χ1) is 49.0. The number of rotatable bonds is 13. The highest BCUT2D eigenvalue weighted by Gasteiger charge is 2.55. The monoisotopic (exact) mass is 1730 g/mol. The Kier molecular flexibility index (Phi) is 59.4. The highest BCUT2D eigenvalue weighted by atomic mass is 19.4. The standard InChI is InChI=1S/C11H24.C10H19F3.C10H22.C9H17F3.C9H20.3C8H15F3.C8H18.2C7H13F3/c1-9(2,3)11(7,8)10(4,5)6;1-7(8(2,3)4)9(5,6)10(11,12)13;1-8(2)10(6,7)9(3,4)5;1-6(2)8(4,5)7(3)9(10,11)12;1-7(2)8(3)9(4,5)6;1-6(2,3)7(4,5)8(9,10)11;2*1-5(2)6(3)7(4)8(9,10)11;1-7(2,3)8(4,5)6;1-4-6(2,3)5-7(8,9)10;1-4-5(2)6(3)7(8,9)10/h1-8H3;7H,1-6H3;8H,1-7H3;6-7H,1-5H3;7-8H,1-6H3;1-5H3;2*5-7H,1-4H3;1-6H3;4-5H2,1-3H3;5-6H,4H2,1-3H3/t;7-;;;8-;;2*6-,7?;;;5?,6-/m.1..1.11..1/s1. The Morgan fingerprint density at radius 3 is 0.534 bits per heavy atom. The zero-order valence-corrected chi connectivity index (χ0v) is 85.6. The van der Waals surface area contributed by atoms with E-state index in [1.54, 1.807) is 90.0 Å². The molecule has 0 saturated heterocycles. The van der Waals surface area contributed by atoms with Crippen molar-refractivity contribution < 1.29 is 92.2 Å². The summed E-state index contributed by atoms with van der Waals surface area (Å²) in [6.07, 6.45) is -28.0. The summed E-state index contributed by atoms with van der Waals surface area (Å²) < 4.78 is 255. The van der Waals surface area contributed by atoms with Gasteiger partial charge in [0.15, 0.2) is 0 Å². The molecule has 0 aliphatic carbocycles. The van der Waals surface area contributed by atoms with Gasteiger partial charge in [-0.25, -0.2) is 0 Å². The lowest BCUT2D eigenvalue weighted by Gasteiger charge is -2.49. The lowest BCUT2D eigenvalue weighted by molar-refractivity contribution is -0.243. The smallest absolute Gasteiger partial charge is 0.171 e. The summed E-state index contributed by atoms with van der Waals surface area (Å²) in [4.78, 5) is 0. The van der Waals surface area contributed by atoms with Crippen molar-refractivity contribution in [2.24, 2.45) is 159 Å². The van der Waals surface area contributed by atoms with Gasteiger partial charge in [-0.15, -0.1) is 0 Å². The molecule has 9 atom stereocenters. The van der Waals surface area contributed by atoms with Gasteiger partial charge in [0.05, 0.1) is 34.5 Å². The fourth-order valence-corrected chi connectivity index (χ4v) is 8.76. The molecule has 0 radical (unpaired) electrons. The van der Waals surface area contributed by atoms with Crippen molar-refractivity contribution >= 4 is 0 Å². The molecule has 0 rings (SSSR count). The van der Waals surface area contributed by atoms with Crippen LogP contribution in [0.4, 0.5) is 92.2 Å². The van der Waals surface area contributed by atoms with Crippen molar-refractivity contribution in [3.05, 3.63) is 0 Å². The minimum absolute atomic E-state index is 0.0362. The molecule has 0 amide bonds. The van der Waals surface area contributed by atoms with Gasteiger partial charge < -0.3 is 0 Å². The lowest BCUT2D eigenvalue weighted by Crippen LogP contribution is -2.43. The van der Waals surface area contributed by atoms with Crippen LogP contribution in [0.15, 0.2) is 0 Å². The van der Waals surface area contributed by atoms with Gasteiger partial charge in [-0.3, -0.25) is 0 Å². The molecule has 0 heterocycles. The maximum atomic E-state index is 12.6. The predicted molar refractivity (Wildman–Crippen MR) is 463 cm³/mol. The van der Waals surface area contributed by atoms with Crippen LogP contribution in [0.3, 0.4) is 0 Å². The maximum Gasteiger partial charge on any atom is 0.394 e. The fourth-order valence-electron chi connectivity index (χ4n) is 8.76. The van der Waals surface area contributed by atoms with Crippen LogP contribution < -0.4 is 0 Å². The molecule has 718 valence electrons. The molecule has 0 aliphatic rings. The van der Waals surface area contributed by atoms with Crippen LogP contribution in [0.2, 0.25) is 0 Å². The maximum absolute atomic E-state index is 12.6. The van der Waals surface area contributed by atoms with E-state index in [-0.39, 0.29) is 40.9 Å². The van der Waals surface area contributed by atoms with Gasteiger partial charge in [-0.05, 0) is 124 Å². The Hall–Kier alpha value is -1.47. The average Bonchev–Trinajstić information content (AvgIpc) is 0.798. The molecule has 0 spiro atoms. The zero-order chi connectivity index (χ0) is 98.7. The van der Waals surface area contributed by atoms with Gasteiger partial charge in [0, 0.05) is 6.42 Å². The molecular formula is C95H191F21. The largest absolute Gasteiger partial charge is 0.394 e. The Morgan fingerprint density at radius 2 is 0.491 bits per heavy atom. The van der Waals surface area contributed by atoms with Crippen molar-refractivity contribution in [1.82, 2.24) is 0 Å². The SMILES string of the molecule is CC(C)(C)C(C)(C)C.CC(C)(C)C(C)(C)C(C)(C)C.CC(C)(C)C(C)(C)C(F)(F)F.CC(C)C(C)(C)C(C)(C)C.CC(C)C(C)(C)C(C)C(F)(F)F.CC(C)[C@@H](C)C(C)(C)C.CC(C)[C@@H](C)C(C)C(F)(F)F.CC(C)[C@@H](C)C(C)C(F)(F)F.CCC(C)(C)CC(F)(F)F.CCC(C)[C@@H](C)C(F)(F)F.C[C@H](C(C)(C)C)C(C)(C)C(F)(F)F. The summed E-state index contributed by atoms with van der Waals surface area (Å²) in [6.45, 7) is 110. The molecule has 0 bridgehead atoms. The van der Waals surface area contributed by atoms with Crippen molar-refractivity contribution in [2.45, 2.75) is 457 Å². The molecule has 0 aromatic heterocycles. The molecule has 0 nitrogen and oxygen atoms in total. The summed E-state index contributed by atoms with van der Waals surface area (Å²) >= 11 is 0. The van der Waals surface area contributed by atoms with Gasteiger partial charge in [-0.2, -0.15) is 92.2 Å². The predicted octanol–water partition coefficient (Wildman–Crippen LogP) is 39.5. The zero-order valence-electron chi connectivity index (χ0n) is 85.6. The van der Waals surface area contributed by atoms with Crippen molar-refractivity contribution in [3.8, 4) is 0 Å². The van der Waals surface area contributed by atoms with Crippen LogP contribution in [-0.4, -0.2) is 43.2 Å². The number of hydrogen-bond acceptors (Lipinski definition) is 0. The number of halogens is 21. The van der Waals surface area contributed by atoms with Gasteiger partial charge in [0.2, 0.25) is 0 Å². The lowest BCUT2D eigenvalue weighted by atomic mass is 9.56. The molecule has 0 fully saturated rings. The third kappa shape index (κ3) is 57.1. The van der Waals surface area contributed by atoms with Gasteiger partial charge in [0.25, 0.3) is 0 Å². The normalized spacial score (nSPS) is 16.4. The number of alkyl halides is 21. The molecule has 0 aliphatic heterocycles. The van der Waals surface area contributed by atoms with E-state index in [2.05, 4.69) is 187 Å². The number of hydrogen-bond donors (Lipinski definition) is 0. The van der Waals surface area contributed by atoms with E-state index in [1.807, 2.05) is 62.3 Å². The average molecular weight is 1730 g/mol. The van der Waals surface area contributed by atoms with Crippen LogP contribution in [0.1, 0.15) is 414 Å². The van der Waals surface area contributed by atoms with E-state index >= 15 is 0 Å². The van der Waals surface area contributed by atoms with E-state index in [0.29, 0.717) is 56.2 Å². The van der Waals surface area contributed by atoms with Crippen LogP contribution in [-0.2, 0) is 0 Å². The first-order valence-electron chi connectivity index (χ1n) is 42.5.